The van der Waals surface area contributed by atoms with Crippen LogP contribution in [0.25, 0.3) is 0 Å². The second-order valence-electron chi connectivity index (χ2n) is 3.35. The Morgan fingerprint density at radius 3 is 2.65 bits per heavy atom. The van der Waals surface area contributed by atoms with E-state index in [9.17, 15) is 13.2 Å². The van der Waals surface area contributed by atoms with Crippen molar-refractivity contribution in [2.24, 2.45) is 0 Å². The fraction of sp³-hybridized carbons (Fsp3) is 0.778. The van der Waals surface area contributed by atoms with Crippen LogP contribution in [0.2, 0.25) is 0 Å². The summed E-state index contributed by atoms with van der Waals surface area (Å²) in [6.45, 7) is 2.09. The molecule has 0 amide bonds. The molecule has 0 aromatic carbocycles. The quantitative estimate of drug-likeness (QED) is 0.766. The van der Waals surface area contributed by atoms with Gasteiger partial charge in [-0.2, -0.15) is 13.2 Å². The van der Waals surface area contributed by atoms with Crippen molar-refractivity contribution in [3.63, 3.8) is 0 Å². The van der Waals surface area contributed by atoms with Crippen LogP contribution in [0.3, 0.4) is 0 Å². The smallest absolute Gasteiger partial charge is 0.383 e. The highest BCUT2D eigenvalue weighted by atomic mass is 32.1. The number of rotatable bonds is 7. The summed E-state index contributed by atoms with van der Waals surface area (Å²) in [5.74, 6) is 0. The van der Waals surface area contributed by atoms with Crippen molar-refractivity contribution < 1.29 is 17.9 Å². The van der Waals surface area contributed by atoms with Gasteiger partial charge >= 0.3 is 6.18 Å². The molecule has 0 atom stereocenters. The van der Waals surface area contributed by atoms with Crippen molar-refractivity contribution in [3.05, 3.63) is 10.0 Å². The van der Waals surface area contributed by atoms with Crippen LogP contribution in [0, 0.1) is 0 Å². The first-order valence-electron chi connectivity index (χ1n) is 5.13. The van der Waals surface area contributed by atoms with Gasteiger partial charge in [0.25, 0.3) is 0 Å². The molecule has 0 aliphatic heterocycles. The van der Waals surface area contributed by atoms with Gasteiger partial charge in [-0.15, -0.1) is 10.2 Å². The molecule has 98 valence electrons. The standard InChI is InChI=1S/C9H14F3N3OS/c1-16-6-5-13-4-2-3-7-14-15-8(17-7)9(10,11)12/h13H,2-6H2,1H3. The minimum atomic E-state index is -4.38. The number of alkyl halides is 3. The summed E-state index contributed by atoms with van der Waals surface area (Å²) < 4.78 is 41.5. The van der Waals surface area contributed by atoms with E-state index in [1.807, 2.05) is 0 Å². The Labute approximate surface area is 101 Å². The van der Waals surface area contributed by atoms with Gasteiger partial charge in [-0.25, -0.2) is 0 Å². The molecule has 1 heterocycles. The Kier molecular flexibility index (Phi) is 5.79. The molecule has 0 bridgehead atoms. The number of halogens is 3. The van der Waals surface area contributed by atoms with Crippen molar-refractivity contribution in [1.82, 2.24) is 15.5 Å². The Bertz CT molecular complexity index is 330. The molecule has 4 nitrogen and oxygen atoms in total. The lowest BCUT2D eigenvalue weighted by Gasteiger charge is -2.01. The van der Waals surface area contributed by atoms with E-state index in [1.165, 1.54) is 0 Å². The Balaban J connectivity index is 2.21. The van der Waals surface area contributed by atoms with E-state index >= 15 is 0 Å². The van der Waals surface area contributed by atoms with Crippen LogP contribution in [-0.2, 0) is 17.3 Å². The van der Waals surface area contributed by atoms with Crippen LogP contribution in [0.15, 0.2) is 0 Å². The minimum absolute atomic E-state index is 0.422. The van der Waals surface area contributed by atoms with Crippen molar-refractivity contribution in [3.8, 4) is 0 Å². The average Bonchev–Trinajstić information content (AvgIpc) is 2.71. The number of methoxy groups -OCH3 is 1. The zero-order valence-corrected chi connectivity index (χ0v) is 10.2. The number of hydrogen-bond acceptors (Lipinski definition) is 5. The Morgan fingerprint density at radius 2 is 2.06 bits per heavy atom. The van der Waals surface area contributed by atoms with Gasteiger partial charge in [0, 0.05) is 20.1 Å². The van der Waals surface area contributed by atoms with E-state index in [-0.39, 0.29) is 0 Å². The van der Waals surface area contributed by atoms with Crippen molar-refractivity contribution in [2.45, 2.75) is 19.0 Å². The van der Waals surface area contributed by atoms with E-state index in [2.05, 4.69) is 15.5 Å². The number of nitrogens with one attached hydrogen (secondary N) is 1. The predicted molar refractivity (Wildman–Crippen MR) is 58.0 cm³/mol. The summed E-state index contributed by atoms with van der Waals surface area (Å²) in [5, 5.41) is 9.28. The molecule has 0 unspecified atom stereocenters. The number of hydrogen-bond donors (Lipinski definition) is 1. The highest BCUT2D eigenvalue weighted by Crippen LogP contribution is 2.31. The molecule has 0 spiro atoms. The minimum Gasteiger partial charge on any atom is -0.383 e. The van der Waals surface area contributed by atoms with Crippen molar-refractivity contribution in [1.29, 1.82) is 0 Å². The highest BCUT2D eigenvalue weighted by Gasteiger charge is 2.35. The van der Waals surface area contributed by atoms with Crippen LogP contribution in [0.5, 0.6) is 0 Å². The summed E-state index contributed by atoms with van der Waals surface area (Å²) in [5.41, 5.74) is 0. The molecular formula is C9H14F3N3OS. The molecule has 17 heavy (non-hydrogen) atoms. The maximum atomic E-state index is 12.2. The first kappa shape index (κ1) is 14.3. The summed E-state index contributed by atoms with van der Waals surface area (Å²) in [7, 11) is 1.61. The SMILES string of the molecule is COCCNCCCc1nnc(C(F)(F)F)s1. The third-order valence-corrected chi connectivity index (χ3v) is 2.96. The van der Waals surface area contributed by atoms with Gasteiger partial charge in [-0.05, 0) is 13.0 Å². The molecule has 1 rings (SSSR count). The van der Waals surface area contributed by atoms with Crippen LogP contribution in [0.1, 0.15) is 16.4 Å². The van der Waals surface area contributed by atoms with E-state index < -0.39 is 11.2 Å². The zero-order chi connectivity index (χ0) is 12.7. The molecule has 1 aromatic heterocycles. The maximum absolute atomic E-state index is 12.2. The van der Waals surface area contributed by atoms with Crippen LogP contribution in [0.4, 0.5) is 13.2 Å². The van der Waals surface area contributed by atoms with Gasteiger partial charge in [0.1, 0.15) is 5.01 Å². The second kappa shape index (κ2) is 6.87. The van der Waals surface area contributed by atoms with E-state index in [0.29, 0.717) is 29.4 Å². The Morgan fingerprint density at radius 1 is 1.29 bits per heavy atom. The Hall–Kier alpha value is -0.730. The largest absolute Gasteiger partial charge is 0.445 e. The number of aryl methyl sites for hydroxylation is 1. The lowest BCUT2D eigenvalue weighted by atomic mass is 10.3. The van der Waals surface area contributed by atoms with Gasteiger partial charge in [-0.1, -0.05) is 11.3 Å². The number of aromatic nitrogens is 2. The van der Waals surface area contributed by atoms with E-state index in [4.69, 9.17) is 4.74 Å². The molecule has 0 aliphatic rings. The van der Waals surface area contributed by atoms with Gasteiger partial charge in [0.15, 0.2) is 0 Å². The third-order valence-electron chi connectivity index (χ3n) is 1.94. The van der Waals surface area contributed by atoms with Gasteiger partial charge in [0.05, 0.1) is 6.61 Å². The highest BCUT2D eigenvalue weighted by molar-refractivity contribution is 7.11. The molecule has 0 radical (unpaired) electrons. The van der Waals surface area contributed by atoms with Gasteiger partial charge in [-0.3, -0.25) is 0 Å². The lowest BCUT2D eigenvalue weighted by molar-refractivity contribution is -0.138. The van der Waals surface area contributed by atoms with E-state index in [1.54, 1.807) is 7.11 Å². The molecule has 0 fully saturated rings. The topological polar surface area (TPSA) is 47.0 Å². The summed E-state index contributed by atoms with van der Waals surface area (Å²) in [6.07, 6.45) is -3.14. The second-order valence-corrected chi connectivity index (χ2v) is 4.41. The fourth-order valence-corrected chi connectivity index (χ4v) is 1.88. The van der Waals surface area contributed by atoms with Gasteiger partial charge in [0.2, 0.25) is 5.01 Å². The van der Waals surface area contributed by atoms with Crippen LogP contribution >= 0.6 is 11.3 Å². The first-order chi connectivity index (χ1) is 8.04. The number of ether oxygens (including phenoxy) is 1. The molecule has 0 saturated heterocycles. The predicted octanol–water partition coefficient (Wildman–Crippen LogP) is 1.73. The monoisotopic (exact) mass is 269 g/mol. The molecule has 1 N–H and O–H groups in total. The number of nitrogens with zero attached hydrogens (tertiary/aromatic N) is 2. The van der Waals surface area contributed by atoms with Crippen LogP contribution < -0.4 is 5.32 Å². The lowest BCUT2D eigenvalue weighted by Crippen LogP contribution is -2.20. The van der Waals surface area contributed by atoms with Crippen LogP contribution in [-0.4, -0.2) is 37.0 Å². The third kappa shape index (κ3) is 5.42. The zero-order valence-electron chi connectivity index (χ0n) is 9.38. The van der Waals surface area contributed by atoms with Crippen molar-refractivity contribution in [2.75, 3.05) is 26.8 Å². The van der Waals surface area contributed by atoms with Crippen molar-refractivity contribution >= 4 is 11.3 Å². The summed E-state index contributed by atoms with van der Waals surface area (Å²) in [6, 6.07) is 0. The average molecular weight is 269 g/mol. The molecule has 0 aliphatic carbocycles. The molecule has 8 heteroatoms. The van der Waals surface area contributed by atoms with Gasteiger partial charge < -0.3 is 10.1 Å². The summed E-state index contributed by atoms with van der Waals surface area (Å²) in [4.78, 5) is 0. The molecule has 0 saturated carbocycles. The maximum Gasteiger partial charge on any atom is 0.445 e. The van der Waals surface area contributed by atoms with E-state index in [0.717, 1.165) is 19.5 Å². The molecular weight excluding hydrogens is 255 g/mol. The normalized spacial score (nSPS) is 12.0. The first-order valence-corrected chi connectivity index (χ1v) is 5.95. The summed E-state index contributed by atoms with van der Waals surface area (Å²) >= 11 is 0.608. The molecule has 1 aromatic rings. The fourth-order valence-electron chi connectivity index (χ4n) is 1.13.